The van der Waals surface area contributed by atoms with Crippen molar-refractivity contribution >= 4 is 10.0 Å². The Morgan fingerprint density at radius 2 is 2.06 bits per heavy atom. The molecule has 5 heteroatoms. The van der Waals surface area contributed by atoms with Gasteiger partial charge in [0.1, 0.15) is 5.75 Å². The van der Waals surface area contributed by atoms with Crippen molar-refractivity contribution < 1.29 is 13.5 Å². The maximum absolute atomic E-state index is 11.2. The molecule has 0 aliphatic heterocycles. The molecule has 4 nitrogen and oxygen atoms in total. The van der Waals surface area contributed by atoms with Gasteiger partial charge in [0.25, 0.3) is 0 Å². The van der Waals surface area contributed by atoms with Crippen LogP contribution in [0.1, 0.15) is 24.5 Å². The molecule has 0 saturated carbocycles. The Labute approximate surface area is 102 Å². The van der Waals surface area contributed by atoms with Crippen LogP contribution in [0.3, 0.4) is 0 Å². The fourth-order valence-electron chi connectivity index (χ4n) is 2.47. The molecule has 94 valence electrons. The second-order valence-corrected chi connectivity index (χ2v) is 6.85. The van der Waals surface area contributed by atoms with Crippen molar-refractivity contribution in [3.63, 3.8) is 0 Å². The van der Waals surface area contributed by atoms with Gasteiger partial charge in [-0.1, -0.05) is 6.07 Å². The summed E-state index contributed by atoms with van der Waals surface area (Å²) < 4.78 is 22.4. The Morgan fingerprint density at radius 3 is 2.71 bits per heavy atom. The molecule has 0 aromatic heterocycles. The predicted molar refractivity (Wildman–Crippen MR) is 66.2 cm³/mol. The minimum atomic E-state index is -3.44. The highest BCUT2D eigenvalue weighted by Crippen LogP contribution is 2.32. The Kier molecular flexibility index (Phi) is 3.14. The van der Waals surface area contributed by atoms with Gasteiger partial charge in [0.05, 0.1) is 5.25 Å². The minimum Gasteiger partial charge on any atom is -0.508 e. The Hall–Kier alpha value is -1.07. The van der Waals surface area contributed by atoms with Crippen molar-refractivity contribution in [3.05, 3.63) is 29.3 Å². The fourth-order valence-corrected chi connectivity index (χ4v) is 3.01. The summed E-state index contributed by atoms with van der Waals surface area (Å²) in [6.07, 6.45) is 2.27. The van der Waals surface area contributed by atoms with Gasteiger partial charge in [-0.2, -0.15) is 0 Å². The lowest BCUT2D eigenvalue weighted by atomic mass is 10.0. The van der Waals surface area contributed by atoms with E-state index in [1.807, 2.05) is 6.07 Å². The molecule has 0 amide bonds. The number of primary sulfonamides is 1. The van der Waals surface area contributed by atoms with E-state index >= 15 is 0 Å². The fraction of sp³-hybridized carbons (Fsp3) is 0.500. The summed E-state index contributed by atoms with van der Waals surface area (Å²) in [5.41, 5.74) is 2.33. The first-order valence-corrected chi connectivity index (χ1v) is 7.29. The number of phenols is 1. The van der Waals surface area contributed by atoms with E-state index in [0.29, 0.717) is 12.3 Å². The Balaban J connectivity index is 2.06. The average Bonchev–Trinajstić information content (AvgIpc) is 2.57. The molecule has 1 aromatic rings. The van der Waals surface area contributed by atoms with Gasteiger partial charge in [0.15, 0.2) is 0 Å². The van der Waals surface area contributed by atoms with Crippen LogP contribution in [0.25, 0.3) is 0 Å². The van der Waals surface area contributed by atoms with Crippen molar-refractivity contribution in [1.82, 2.24) is 0 Å². The van der Waals surface area contributed by atoms with Gasteiger partial charge in [-0.05, 0) is 55.4 Å². The molecule has 17 heavy (non-hydrogen) atoms. The summed E-state index contributed by atoms with van der Waals surface area (Å²) in [5.74, 6) is 0.573. The normalized spacial score (nSPS) is 21.2. The van der Waals surface area contributed by atoms with E-state index in [1.165, 1.54) is 5.56 Å². The molecule has 0 bridgehead atoms. The van der Waals surface area contributed by atoms with Crippen LogP contribution in [0.5, 0.6) is 5.75 Å². The van der Waals surface area contributed by atoms with Gasteiger partial charge in [0, 0.05) is 0 Å². The summed E-state index contributed by atoms with van der Waals surface area (Å²) in [6.45, 7) is 1.65. The van der Waals surface area contributed by atoms with Gasteiger partial charge in [-0.15, -0.1) is 0 Å². The minimum absolute atomic E-state index is 0.267. The standard InChI is InChI=1S/C12H17NO3S/c1-8(17(13,15)16)4-9-5-10-2-3-12(14)7-11(10)6-9/h2-3,7-9,14H,4-6H2,1H3,(H2,13,15,16)/t8?,9-/m0/s1. The number of hydrogen-bond donors (Lipinski definition) is 2. The summed E-state index contributed by atoms with van der Waals surface area (Å²) in [4.78, 5) is 0. The summed E-state index contributed by atoms with van der Waals surface area (Å²) >= 11 is 0. The van der Waals surface area contributed by atoms with E-state index < -0.39 is 15.3 Å². The molecule has 3 N–H and O–H groups in total. The zero-order chi connectivity index (χ0) is 12.6. The lowest BCUT2D eigenvalue weighted by molar-refractivity contribution is 0.473. The highest BCUT2D eigenvalue weighted by Gasteiger charge is 2.26. The maximum Gasteiger partial charge on any atom is 0.211 e. The van der Waals surface area contributed by atoms with Crippen molar-refractivity contribution in [2.75, 3.05) is 0 Å². The number of sulfonamides is 1. The third-order valence-electron chi connectivity index (χ3n) is 3.43. The zero-order valence-corrected chi connectivity index (χ0v) is 10.6. The number of benzene rings is 1. The van der Waals surface area contributed by atoms with Crippen molar-refractivity contribution in [3.8, 4) is 5.75 Å². The van der Waals surface area contributed by atoms with Gasteiger partial charge >= 0.3 is 0 Å². The lowest BCUT2D eigenvalue weighted by Gasteiger charge is -2.13. The van der Waals surface area contributed by atoms with E-state index in [9.17, 15) is 13.5 Å². The first-order valence-electron chi connectivity index (χ1n) is 5.68. The van der Waals surface area contributed by atoms with E-state index in [1.54, 1.807) is 19.1 Å². The third-order valence-corrected chi connectivity index (χ3v) is 4.75. The molecule has 1 unspecified atom stereocenters. The van der Waals surface area contributed by atoms with Gasteiger partial charge in [0.2, 0.25) is 10.0 Å². The smallest absolute Gasteiger partial charge is 0.211 e. The SMILES string of the molecule is CC(C[C@H]1Cc2ccc(O)cc2C1)S(N)(=O)=O. The highest BCUT2D eigenvalue weighted by atomic mass is 32.2. The molecule has 0 radical (unpaired) electrons. The number of fused-ring (bicyclic) bond motifs is 1. The van der Waals surface area contributed by atoms with Crippen molar-refractivity contribution in [2.24, 2.45) is 11.1 Å². The first kappa shape index (κ1) is 12.4. The number of hydrogen-bond acceptors (Lipinski definition) is 3. The van der Waals surface area contributed by atoms with E-state index in [2.05, 4.69) is 0 Å². The molecule has 2 atom stereocenters. The van der Waals surface area contributed by atoms with Gasteiger partial charge in [-0.3, -0.25) is 0 Å². The Morgan fingerprint density at radius 1 is 1.41 bits per heavy atom. The van der Waals surface area contributed by atoms with E-state index in [-0.39, 0.29) is 5.75 Å². The topological polar surface area (TPSA) is 80.4 Å². The zero-order valence-electron chi connectivity index (χ0n) is 9.76. The Bertz CT molecular complexity index is 525. The average molecular weight is 255 g/mol. The van der Waals surface area contributed by atoms with Crippen LogP contribution in [0, 0.1) is 5.92 Å². The summed E-state index contributed by atoms with van der Waals surface area (Å²) in [7, 11) is -3.44. The summed E-state index contributed by atoms with van der Waals surface area (Å²) in [5, 5.41) is 14.0. The van der Waals surface area contributed by atoms with Crippen LogP contribution in [0.2, 0.25) is 0 Å². The summed E-state index contributed by atoms with van der Waals surface area (Å²) in [6, 6.07) is 5.34. The lowest BCUT2D eigenvalue weighted by Crippen LogP contribution is -2.28. The number of rotatable bonds is 3. The molecule has 1 aromatic carbocycles. The quantitative estimate of drug-likeness (QED) is 0.851. The first-order chi connectivity index (χ1) is 7.86. The molecule has 2 rings (SSSR count). The number of nitrogens with two attached hydrogens (primary N) is 1. The number of phenolic OH excluding ortho intramolecular Hbond substituents is 1. The molecule has 1 aliphatic rings. The van der Waals surface area contributed by atoms with Gasteiger partial charge < -0.3 is 5.11 Å². The molecule has 0 heterocycles. The highest BCUT2D eigenvalue weighted by molar-refractivity contribution is 7.89. The molecular weight excluding hydrogens is 238 g/mol. The molecule has 0 fully saturated rings. The van der Waals surface area contributed by atoms with Crippen LogP contribution in [0.15, 0.2) is 18.2 Å². The van der Waals surface area contributed by atoms with E-state index in [0.717, 1.165) is 18.4 Å². The van der Waals surface area contributed by atoms with Crippen LogP contribution in [0.4, 0.5) is 0 Å². The second kappa shape index (κ2) is 4.31. The van der Waals surface area contributed by atoms with Crippen molar-refractivity contribution in [1.29, 1.82) is 0 Å². The monoisotopic (exact) mass is 255 g/mol. The molecule has 0 saturated heterocycles. The molecule has 1 aliphatic carbocycles. The van der Waals surface area contributed by atoms with Crippen LogP contribution >= 0.6 is 0 Å². The van der Waals surface area contributed by atoms with Crippen LogP contribution < -0.4 is 5.14 Å². The molecule has 0 spiro atoms. The maximum atomic E-state index is 11.2. The predicted octanol–water partition coefficient (Wildman–Crippen LogP) is 1.17. The van der Waals surface area contributed by atoms with Crippen molar-refractivity contribution in [2.45, 2.75) is 31.4 Å². The third kappa shape index (κ3) is 2.79. The number of aromatic hydroxyl groups is 1. The van der Waals surface area contributed by atoms with Crippen LogP contribution in [-0.4, -0.2) is 18.8 Å². The molecular formula is C12H17NO3S. The second-order valence-electron chi connectivity index (χ2n) is 4.86. The van der Waals surface area contributed by atoms with Crippen LogP contribution in [-0.2, 0) is 22.9 Å². The van der Waals surface area contributed by atoms with Gasteiger partial charge in [-0.25, -0.2) is 13.6 Å². The largest absolute Gasteiger partial charge is 0.508 e. The van der Waals surface area contributed by atoms with E-state index in [4.69, 9.17) is 5.14 Å².